The molecule has 0 saturated carbocycles. The van der Waals surface area contributed by atoms with Gasteiger partial charge >= 0.3 is 0 Å². The highest BCUT2D eigenvalue weighted by Gasteiger charge is 2.20. The Labute approximate surface area is 138 Å². The normalized spacial score (nSPS) is 10.5. The van der Waals surface area contributed by atoms with Gasteiger partial charge < -0.3 is 5.32 Å². The van der Waals surface area contributed by atoms with Gasteiger partial charge in [-0.25, -0.2) is 4.68 Å². The summed E-state index contributed by atoms with van der Waals surface area (Å²) in [4.78, 5) is 16.5. The van der Waals surface area contributed by atoms with E-state index in [9.17, 15) is 4.79 Å². The number of aromatic nitrogens is 3. The molecule has 0 fully saturated rings. The minimum Gasteiger partial charge on any atom is -0.348 e. The number of amides is 1. The molecule has 3 rings (SSSR count). The summed E-state index contributed by atoms with van der Waals surface area (Å²) in [6.45, 7) is 2.16. The molecule has 0 bridgehead atoms. The van der Waals surface area contributed by atoms with E-state index in [2.05, 4.69) is 15.4 Å². The number of nitrogens with zero attached hydrogens (tertiary/aromatic N) is 3. The van der Waals surface area contributed by atoms with Crippen molar-refractivity contribution in [2.45, 2.75) is 13.5 Å². The van der Waals surface area contributed by atoms with Crippen molar-refractivity contribution < 1.29 is 4.79 Å². The smallest absolute Gasteiger partial charge is 0.256 e. The second kappa shape index (κ2) is 6.62. The van der Waals surface area contributed by atoms with Crippen LogP contribution in [0.4, 0.5) is 0 Å². The molecular formula is C17H15ClN4O. The number of halogens is 1. The molecule has 1 amide bonds. The highest BCUT2D eigenvalue weighted by molar-refractivity contribution is 6.33. The lowest BCUT2D eigenvalue weighted by Crippen LogP contribution is -2.23. The zero-order valence-electron chi connectivity index (χ0n) is 12.5. The van der Waals surface area contributed by atoms with E-state index in [1.54, 1.807) is 24.0 Å². The van der Waals surface area contributed by atoms with E-state index in [1.807, 2.05) is 42.5 Å². The maximum atomic E-state index is 12.4. The summed E-state index contributed by atoms with van der Waals surface area (Å²) in [7, 11) is 0. The number of benzene rings is 1. The fourth-order valence-corrected chi connectivity index (χ4v) is 2.63. The van der Waals surface area contributed by atoms with Crippen LogP contribution in [-0.4, -0.2) is 20.7 Å². The van der Waals surface area contributed by atoms with E-state index in [0.29, 0.717) is 23.0 Å². The fourth-order valence-electron chi connectivity index (χ4n) is 2.27. The maximum Gasteiger partial charge on any atom is 0.256 e. The van der Waals surface area contributed by atoms with Gasteiger partial charge in [0.25, 0.3) is 5.91 Å². The summed E-state index contributed by atoms with van der Waals surface area (Å²) in [5, 5.41) is 7.52. The fraction of sp³-hybridized carbons (Fsp3) is 0.118. The number of carbonyl (C=O) groups is 1. The lowest BCUT2D eigenvalue weighted by molar-refractivity contribution is 0.0950. The number of aryl methyl sites for hydroxylation is 1. The number of pyridine rings is 1. The van der Waals surface area contributed by atoms with Crippen LogP contribution >= 0.6 is 11.6 Å². The van der Waals surface area contributed by atoms with Crippen molar-refractivity contribution in [2.24, 2.45) is 0 Å². The third-order valence-electron chi connectivity index (χ3n) is 3.41. The van der Waals surface area contributed by atoms with E-state index in [0.717, 1.165) is 11.3 Å². The first kappa shape index (κ1) is 15.2. The van der Waals surface area contributed by atoms with Crippen molar-refractivity contribution in [1.29, 1.82) is 0 Å². The first-order valence-corrected chi connectivity index (χ1v) is 7.52. The molecule has 0 aliphatic carbocycles. The lowest BCUT2D eigenvalue weighted by atomic mass is 10.2. The van der Waals surface area contributed by atoms with Crippen LogP contribution in [0.1, 0.15) is 21.6 Å². The van der Waals surface area contributed by atoms with Crippen LogP contribution in [-0.2, 0) is 6.54 Å². The number of carbonyl (C=O) groups excluding carboxylic acids is 1. The molecule has 5 nitrogen and oxygen atoms in total. The third-order valence-corrected chi connectivity index (χ3v) is 3.76. The van der Waals surface area contributed by atoms with Crippen LogP contribution in [0, 0.1) is 6.92 Å². The molecule has 0 atom stereocenters. The van der Waals surface area contributed by atoms with Crippen LogP contribution in [0.2, 0.25) is 5.15 Å². The molecule has 6 heteroatoms. The largest absolute Gasteiger partial charge is 0.348 e. The summed E-state index contributed by atoms with van der Waals surface area (Å²) in [5.41, 5.74) is 2.71. The van der Waals surface area contributed by atoms with Crippen molar-refractivity contribution >= 4 is 17.5 Å². The summed E-state index contributed by atoms with van der Waals surface area (Å²) < 4.78 is 1.57. The summed E-state index contributed by atoms with van der Waals surface area (Å²) in [6.07, 6.45) is 3.40. The van der Waals surface area contributed by atoms with E-state index >= 15 is 0 Å². The van der Waals surface area contributed by atoms with E-state index in [4.69, 9.17) is 11.6 Å². The van der Waals surface area contributed by atoms with Gasteiger partial charge in [0, 0.05) is 18.9 Å². The Morgan fingerprint density at radius 1 is 1.22 bits per heavy atom. The monoisotopic (exact) mass is 326 g/mol. The predicted octanol–water partition coefficient (Wildman–Crippen LogP) is 3.16. The Hall–Kier alpha value is -2.66. The maximum absolute atomic E-state index is 12.4. The Kier molecular flexibility index (Phi) is 4.39. The van der Waals surface area contributed by atoms with Gasteiger partial charge in [-0.15, -0.1) is 0 Å². The van der Waals surface area contributed by atoms with E-state index in [-0.39, 0.29) is 5.91 Å². The molecule has 0 spiro atoms. The van der Waals surface area contributed by atoms with Gasteiger partial charge in [-0.05, 0) is 30.7 Å². The topological polar surface area (TPSA) is 59.8 Å². The Balaban J connectivity index is 1.83. The summed E-state index contributed by atoms with van der Waals surface area (Å²) in [5.74, 6) is -0.251. The molecule has 2 aromatic heterocycles. The molecular weight excluding hydrogens is 312 g/mol. The SMILES string of the molecule is Cc1nn(-c2ccccc2)c(Cl)c1C(=O)NCc1cccnc1. The molecule has 1 N–H and O–H groups in total. The highest BCUT2D eigenvalue weighted by atomic mass is 35.5. The quantitative estimate of drug-likeness (QED) is 0.801. The van der Waals surface area contributed by atoms with Gasteiger partial charge in [-0.3, -0.25) is 9.78 Å². The molecule has 0 saturated heterocycles. The molecule has 0 aliphatic heterocycles. The second-order valence-corrected chi connectivity index (χ2v) is 5.40. The Bertz CT molecular complexity index is 815. The first-order chi connectivity index (χ1) is 11.2. The highest BCUT2D eigenvalue weighted by Crippen LogP contribution is 2.23. The summed E-state index contributed by atoms with van der Waals surface area (Å²) in [6, 6.07) is 13.2. The molecule has 116 valence electrons. The number of para-hydroxylation sites is 1. The minimum atomic E-state index is -0.251. The molecule has 2 heterocycles. The van der Waals surface area contributed by atoms with Crippen LogP contribution in [0.3, 0.4) is 0 Å². The van der Waals surface area contributed by atoms with Crippen molar-refractivity contribution in [3.8, 4) is 5.69 Å². The number of nitrogens with one attached hydrogen (secondary N) is 1. The number of rotatable bonds is 4. The van der Waals surface area contributed by atoms with Gasteiger partial charge in [0.15, 0.2) is 0 Å². The Morgan fingerprint density at radius 3 is 2.70 bits per heavy atom. The molecule has 23 heavy (non-hydrogen) atoms. The lowest BCUT2D eigenvalue weighted by Gasteiger charge is -2.05. The predicted molar refractivity (Wildman–Crippen MR) is 88.7 cm³/mol. The molecule has 3 aromatic rings. The van der Waals surface area contributed by atoms with Crippen LogP contribution in [0.25, 0.3) is 5.69 Å². The average Bonchev–Trinajstić information content (AvgIpc) is 2.89. The summed E-state index contributed by atoms with van der Waals surface area (Å²) >= 11 is 6.37. The molecule has 0 aliphatic rings. The van der Waals surface area contributed by atoms with E-state index < -0.39 is 0 Å². The van der Waals surface area contributed by atoms with Gasteiger partial charge in [-0.1, -0.05) is 35.9 Å². The molecule has 0 unspecified atom stereocenters. The molecule has 1 aromatic carbocycles. The number of hydrogen-bond donors (Lipinski definition) is 1. The van der Waals surface area contributed by atoms with Crippen molar-refractivity contribution in [3.05, 3.63) is 76.8 Å². The third kappa shape index (κ3) is 3.24. The van der Waals surface area contributed by atoms with Gasteiger partial charge in [0.05, 0.1) is 16.9 Å². The van der Waals surface area contributed by atoms with Crippen molar-refractivity contribution in [3.63, 3.8) is 0 Å². The van der Waals surface area contributed by atoms with Crippen molar-refractivity contribution in [2.75, 3.05) is 0 Å². The minimum absolute atomic E-state index is 0.251. The molecule has 0 radical (unpaired) electrons. The van der Waals surface area contributed by atoms with Gasteiger partial charge in [-0.2, -0.15) is 5.10 Å². The number of hydrogen-bond acceptors (Lipinski definition) is 3. The first-order valence-electron chi connectivity index (χ1n) is 7.14. The zero-order valence-corrected chi connectivity index (χ0v) is 13.3. The Morgan fingerprint density at radius 2 is 2.00 bits per heavy atom. The van der Waals surface area contributed by atoms with Crippen LogP contribution in [0.5, 0.6) is 0 Å². The second-order valence-electron chi connectivity index (χ2n) is 5.04. The van der Waals surface area contributed by atoms with Crippen LogP contribution in [0.15, 0.2) is 54.9 Å². The standard InChI is InChI=1S/C17H15ClN4O/c1-12-15(17(23)20-11-13-6-5-9-19-10-13)16(18)22(21-12)14-7-3-2-4-8-14/h2-10H,11H2,1H3,(H,20,23). The average molecular weight is 327 g/mol. The van der Waals surface area contributed by atoms with E-state index in [1.165, 1.54) is 0 Å². The van der Waals surface area contributed by atoms with Gasteiger partial charge in [0.2, 0.25) is 0 Å². The van der Waals surface area contributed by atoms with Gasteiger partial charge in [0.1, 0.15) is 5.15 Å². The zero-order chi connectivity index (χ0) is 16.2. The van der Waals surface area contributed by atoms with Crippen molar-refractivity contribution in [1.82, 2.24) is 20.1 Å². The van der Waals surface area contributed by atoms with Crippen LogP contribution < -0.4 is 5.32 Å².